The minimum atomic E-state index is -0.534. The molecule has 6 heteroatoms. The third-order valence-electron chi connectivity index (χ3n) is 2.49. The van der Waals surface area contributed by atoms with Gasteiger partial charge in [0.05, 0.1) is 11.1 Å². The van der Waals surface area contributed by atoms with Gasteiger partial charge in [-0.3, -0.25) is 9.78 Å². The van der Waals surface area contributed by atoms with E-state index in [2.05, 4.69) is 15.3 Å². The molecule has 2 rings (SSSR count). The van der Waals surface area contributed by atoms with E-state index in [1.165, 1.54) is 17.5 Å². The van der Waals surface area contributed by atoms with Crippen LogP contribution in [-0.2, 0) is 5.54 Å². The molecule has 2 aromatic rings. The Bertz CT molecular complexity index is 551. The van der Waals surface area contributed by atoms with Crippen LogP contribution < -0.4 is 11.1 Å². The number of pyridine rings is 1. The van der Waals surface area contributed by atoms with Crippen molar-refractivity contribution in [1.29, 1.82) is 0 Å². The summed E-state index contributed by atoms with van der Waals surface area (Å²) in [6.45, 7) is 3.80. The van der Waals surface area contributed by atoms with Gasteiger partial charge in [-0.2, -0.15) is 0 Å². The summed E-state index contributed by atoms with van der Waals surface area (Å²) in [5.41, 5.74) is 6.00. The number of nitrogens with one attached hydrogen (secondary N) is 1. The molecular weight excluding hydrogens is 248 g/mol. The van der Waals surface area contributed by atoms with E-state index in [1.807, 2.05) is 19.2 Å². The van der Waals surface area contributed by atoms with E-state index in [0.29, 0.717) is 11.3 Å². The summed E-state index contributed by atoms with van der Waals surface area (Å²) in [5.74, 6) is -0.249. The second-order valence-corrected chi connectivity index (χ2v) is 5.27. The molecule has 2 heterocycles. The first-order chi connectivity index (χ1) is 8.50. The Kier molecular flexibility index (Phi) is 3.29. The van der Waals surface area contributed by atoms with Crippen molar-refractivity contribution in [3.05, 3.63) is 40.6 Å². The van der Waals surface area contributed by atoms with Gasteiger partial charge < -0.3 is 11.1 Å². The number of rotatable bonds is 3. The SMILES string of the molecule is CC(C)(NC(=O)c1cnccc1N)c1nccs1. The Labute approximate surface area is 109 Å². The predicted molar refractivity (Wildman–Crippen MR) is 71.3 cm³/mol. The zero-order valence-corrected chi connectivity index (χ0v) is 11.0. The minimum Gasteiger partial charge on any atom is -0.398 e. The summed E-state index contributed by atoms with van der Waals surface area (Å²) in [7, 11) is 0. The fourth-order valence-corrected chi connectivity index (χ4v) is 2.25. The largest absolute Gasteiger partial charge is 0.398 e. The second-order valence-electron chi connectivity index (χ2n) is 4.38. The fraction of sp³-hybridized carbons (Fsp3) is 0.250. The average molecular weight is 262 g/mol. The van der Waals surface area contributed by atoms with Crippen LogP contribution in [0.15, 0.2) is 30.0 Å². The summed E-state index contributed by atoms with van der Waals surface area (Å²) in [6.07, 6.45) is 4.73. The molecule has 0 radical (unpaired) electrons. The Hall–Kier alpha value is -1.95. The van der Waals surface area contributed by atoms with Crippen LogP contribution in [0.25, 0.3) is 0 Å². The lowest BCUT2D eigenvalue weighted by Crippen LogP contribution is -2.41. The standard InChI is InChI=1S/C12H14N4OS/c1-12(2,11-15-5-6-18-11)16-10(17)8-7-14-4-3-9(8)13/h3-7H,1-2H3,(H2,13,14)(H,16,17). The van der Waals surface area contributed by atoms with E-state index in [0.717, 1.165) is 5.01 Å². The van der Waals surface area contributed by atoms with E-state index in [1.54, 1.807) is 18.5 Å². The molecule has 0 aliphatic carbocycles. The number of hydrogen-bond donors (Lipinski definition) is 2. The van der Waals surface area contributed by atoms with Crippen LogP contribution in [0.2, 0.25) is 0 Å². The Morgan fingerprint density at radius 2 is 2.22 bits per heavy atom. The number of aromatic nitrogens is 2. The third-order valence-corrected chi connectivity index (χ3v) is 3.59. The van der Waals surface area contributed by atoms with E-state index < -0.39 is 5.54 Å². The molecule has 0 aliphatic heterocycles. The molecule has 0 fully saturated rings. The number of anilines is 1. The van der Waals surface area contributed by atoms with Gasteiger partial charge in [0.1, 0.15) is 5.01 Å². The summed E-state index contributed by atoms with van der Waals surface area (Å²) in [5, 5.41) is 5.63. The molecule has 3 N–H and O–H groups in total. The summed E-state index contributed by atoms with van der Waals surface area (Å²) in [6, 6.07) is 1.60. The van der Waals surface area contributed by atoms with Crippen molar-refractivity contribution < 1.29 is 4.79 Å². The number of thiazole rings is 1. The number of nitrogen functional groups attached to an aromatic ring is 1. The van der Waals surface area contributed by atoms with Gasteiger partial charge in [0.25, 0.3) is 5.91 Å². The monoisotopic (exact) mass is 262 g/mol. The summed E-state index contributed by atoms with van der Waals surface area (Å²) >= 11 is 1.50. The lowest BCUT2D eigenvalue weighted by Gasteiger charge is -2.24. The lowest BCUT2D eigenvalue weighted by molar-refractivity contribution is 0.0912. The van der Waals surface area contributed by atoms with E-state index in [4.69, 9.17) is 5.73 Å². The maximum atomic E-state index is 12.1. The molecule has 5 nitrogen and oxygen atoms in total. The van der Waals surface area contributed by atoms with Crippen LogP contribution in [-0.4, -0.2) is 15.9 Å². The number of carbonyl (C=O) groups excluding carboxylic acids is 1. The average Bonchev–Trinajstić information content (AvgIpc) is 2.82. The summed E-state index contributed by atoms with van der Waals surface area (Å²) in [4.78, 5) is 20.2. The van der Waals surface area contributed by atoms with E-state index >= 15 is 0 Å². The molecule has 94 valence electrons. The zero-order valence-electron chi connectivity index (χ0n) is 10.2. The molecular formula is C12H14N4OS. The maximum absolute atomic E-state index is 12.1. The van der Waals surface area contributed by atoms with Gasteiger partial charge in [0.15, 0.2) is 0 Å². The van der Waals surface area contributed by atoms with Crippen LogP contribution >= 0.6 is 11.3 Å². The van der Waals surface area contributed by atoms with Crippen LogP contribution in [0.4, 0.5) is 5.69 Å². The van der Waals surface area contributed by atoms with Gasteiger partial charge in [0.2, 0.25) is 0 Å². The van der Waals surface area contributed by atoms with Gasteiger partial charge in [-0.25, -0.2) is 4.98 Å². The predicted octanol–water partition coefficient (Wildman–Crippen LogP) is 1.79. The maximum Gasteiger partial charge on any atom is 0.255 e. The molecule has 0 unspecified atom stereocenters. The smallest absolute Gasteiger partial charge is 0.255 e. The van der Waals surface area contributed by atoms with Crippen LogP contribution in [0.5, 0.6) is 0 Å². The third kappa shape index (κ3) is 2.48. The Balaban J connectivity index is 2.20. The normalized spacial score (nSPS) is 11.2. The van der Waals surface area contributed by atoms with Crippen LogP contribution in [0.1, 0.15) is 29.2 Å². The van der Waals surface area contributed by atoms with Gasteiger partial charge >= 0.3 is 0 Å². The van der Waals surface area contributed by atoms with Crippen molar-refractivity contribution in [3.63, 3.8) is 0 Å². The number of amides is 1. The molecule has 0 atom stereocenters. The number of hydrogen-bond acceptors (Lipinski definition) is 5. The molecule has 0 saturated heterocycles. The second kappa shape index (κ2) is 4.73. The highest BCUT2D eigenvalue weighted by atomic mass is 32.1. The molecule has 2 aromatic heterocycles. The number of carbonyl (C=O) groups is 1. The first-order valence-electron chi connectivity index (χ1n) is 5.42. The van der Waals surface area contributed by atoms with E-state index in [9.17, 15) is 4.79 Å². The summed E-state index contributed by atoms with van der Waals surface area (Å²) < 4.78 is 0. The first kappa shape index (κ1) is 12.5. The van der Waals surface area contributed by atoms with Crippen molar-refractivity contribution in [2.24, 2.45) is 0 Å². The zero-order chi connectivity index (χ0) is 13.2. The van der Waals surface area contributed by atoms with Crippen molar-refractivity contribution in [1.82, 2.24) is 15.3 Å². The highest BCUT2D eigenvalue weighted by molar-refractivity contribution is 7.09. The van der Waals surface area contributed by atoms with Crippen molar-refractivity contribution >= 4 is 22.9 Å². The van der Waals surface area contributed by atoms with Gasteiger partial charge in [0, 0.05) is 29.7 Å². The van der Waals surface area contributed by atoms with E-state index in [-0.39, 0.29) is 5.91 Å². The number of nitrogens with zero attached hydrogens (tertiary/aromatic N) is 2. The topological polar surface area (TPSA) is 80.9 Å². The van der Waals surface area contributed by atoms with Crippen molar-refractivity contribution in [3.8, 4) is 0 Å². The molecule has 1 amide bonds. The fourth-order valence-electron chi connectivity index (χ4n) is 1.53. The Morgan fingerprint density at radius 3 is 2.83 bits per heavy atom. The van der Waals surface area contributed by atoms with Crippen LogP contribution in [0.3, 0.4) is 0 Å². The van der Waals surface area contributed by atoms with Crippen molar-refractivity contribution in [2.75, 3.05) is 5.73 Å². The van der Waals surface area contributed by atoms with Gasteiger partial charge in [-0.05, 0) is 19.9 Å². The lowest BCUT2D eigenvalue weighted by atomic mass is 10.1. The van der Waals surface area contributed by atoms with Gasteiger partial charge in [-0.15, -0.1) is 11.3 Å². The number of nitrogens with two attached hydrogens (primary N) is 1. The van der Waals surface area contributed by atoms with Crippen molar-refractivity contribution in [2.45, 2.75) is 19.4 Å². The quantitative estimate of drug-likeness (QED) is 0.883. The molecule has 0 spiro atoms. The minimum absolute atomic E-state index is 0.249. The first-order valence-corrected chi connectivity index (χ1v) is 6.30. The molecule has 0 saturated carbocycles. The molecule has 0 aromatic carbocycles. The highest BCUT2D eigenvalue weighted by Gasteiger charge is 2.26. The Morgan fingerprint density at radius 1 is 1.44 bits per heavy atom. The molecule has 18 heavy (non-hydrogen) atoms. The highest BCUT2D eigenvalue weighted by Crippen LogP contribution is 2.23. The molecule has 0 bridgehead atoms. The molecule has 0 aliphatic rings. The van der Waals surface area contributed by atoms with Gasteiger partial charge in [-0.1, -0.05) is 0 Å². The van der Waals surface area contributed by atoms with Crippen LogP contribution in [0, 0.1) is 0 Å².